The van der Waals surface area contributed by atoms with Crippen LogP contribution in [0.4, 0.5) is 27.6 Å². The van der Waals surface area contributed by atoms with Crippen molar-refractivity contribution in [3.63, 3.8) is 0 Å². The van der Waals surface area contributed by atoms with Crippen LogP contribution in [0.2, 0.25) is 0 Å². The van der Waals surface area contributed by atoms with Crippen LogP contribution in [0.3, 0.4) is 0 Å². The van der Waals surface area contributed by atoms with Gasteiger partial charge in [-0.1, -0.05) is 12.1 Å². The predicted molar refractivity (Wildman–Crippen MR) is 145 cm³/mol. The first-order valence-corrected chi connectivity index (χ1v) is 13.8. The van der Waals surface area contributed by atoms with Gasteiger partial charge in [0.1, 0.15) is 11.4 Å². The van der Waals surface area contributed by atoms with Crippen LogP contribution in [-0.2, 0) is 11.5 Å². The molecule has 1 unspecified atom stereocenters. The van der Waals surface area contributed by atoms with Crippen LogP contribution in [0.25, 0.3) is 0 Å². The van der Waals surface area contributed by atoms with Crippen molar-refractivity contribution in [3.8, 4) is 0 Å². The number of carbonyl (C=O) groups excluding carboxylic acids is 1. The SMILES string of the molecule is CC(NC(=O)c1cn(C2(C(F)F)CC2)c(=O)cc1N[C@@H]1[C@@H]2CN(C)C[C@@H]21)c1cccc(C(F)(F)c2ccncc2)c1F. The molecule has 2 aromatic heterocycles. The van der Waals surface area contributed by atoms with Gasteiger partial charge in [-0.25, -0.2) is 13.2 Å². The first-order valence-electron chi connectivity index (χ1n) is 13.8. The van der Waals surface area contributed by atoms with Gasteiger partial charge in [0.25, 0.3) is 17.9 Å². The van der Waals surface area contributed by atoms with Gasteiger partial charge in [0.05, 0.1) is 22.9 Å². The standard InChI is InChI=1S/C30H30F5N5O2/c1-16(18-4-3-5-22(25(18)31)30(34,35)17-6-10-36-11-7-17)37-27(42)21-15-40(29(8-9-29)28(32)33)24(41)12-23(21)38-26-19-13-39(2)14-20(19)26/h3-7,10-12,15-16,19-20,26,28,38H,8-9,13-14H2,1-2H3,(H,37,42)/t16?,19-,20+,26-. The number of alkyl halides is 4. The van der Waals surface area contributed by atoms with Gasteiger partial charge in [0.15, 0.2) is 0 Å². The van der Waals surface area contributed by atoms with Gasteiger partial charge in [0.2, 0.25) is 0 Å². The maximum atomic E-state index is 15.6. The third-order valence-corrected chi connectivity index (χ3v) is 8.87. The monoisotopic (exact) mass is 587 g/mol. The maximum Gasteiger partial charge on any atom is 0.301 e. The number of likely N-dealkylation sites (tertiary alicyclic amines) is 1. The number of nitrogens with one attached hydrogen (secondary N) is 2. The van der Waals surface area contributed by atoms with Crippen molar-refractivity contribution in [2.75, 3.05) is 25.5 Å². The number of aromatic nitrogens is 2. The van der Waals surface area contributed by atoms with E-state index in [4.69, 9.17) is 0 Å². The number of hydrogen-bond donors (Lipinski definition) is 2. The Morgan fingerprint density at radius 1 is 1.12 bits per heavy atom. The van der Waals surface area contributed by atoms with Crippen LogP contribution < -0.4 is 16.2 Å². The van der Waals surface area contributed by atoms with E-state index < -0.39 is 52.3 Å². The highest BCUT2D eigenvalue weighted by molar-refractivity contribution is 5.99. The predicted octanol–water partition coefficient (Wildman–Crippen LogP) is 4.74. The Morgan fingerprint density at radius 3 is 2.40 bits per heavy atom. The highest BCUT2D eigenvalue weighted by atomic mass is 19.3. The quantitative estimate of drug-likeness (QED) is 0.354. The number of benzene rings is 1. The number of carbonyl (C=O) groups is 1. The average Bonchev–Trinajstić information content (AvgIpc) is 3.84. The van der Waals surface area contributed by atoms with E-state index in [2.05, 4.69) is 20.5 Å². The van der Waals surface area contributed by atoms with Gasteiger partial charge < -0.3 is 20.1 Å². The molecule has 1 saturated heterocycles. The number of anilines is 1. The summed E-state index contributed by atoms with van der Waals surface area (Å²) in [7, 11) is 2.01. The average molecular weight is 588 g/mol. The number of hydrogen-bond acceptors (Lipinski definition) is 5. The fraction of sp³-hybridized carbons (Fsp3) is 0.433. The van der Waals surface area contributed by atoms with Gasteiger partial charge in [-0.05, 0) is 56.8 Å². The van der Waals surface area contributed by atoms with Crippen molar-refractivity contribution in [2.24, 2.45) is 11.8 Å². The zero-order chi connectivity index (χ0) is 30.0. The molecule has 2 saturated carbocycles. The van der Waals surface area contributed by atoms with Crippen molar-refractivity contribution in [1.82, 2.24) is 19.8 Å². The van der Waals surface area contributed by atoms with Crippen molar-refractivity contribution >= 4 is 11.6 Å². The lowest BCUT2D eigenvalue weighted by Crippen LogP contribution is -2.37. The highest BCUT2D eigenvalue weighted by Gasteiger charge is 2.56. The molecule has 0 radical (unpaired) electrons. The van der Waals surface area contributed by atoms with Crippen molar-refractivity contribution in [2.45, 2.75) is 49.7 Å². The summed E-state index contributed by atoms with van der Waals surface area (Å²) in [5, 5.41) is 5.89. The van der Waals surface area contributed by atoms with Crippen LogP contribution in [0.1, 0.15) is 52.9 Å². The molecule has 3 aromatic rings. The molecule has 2 aliphatic carbocycles. The minimum absolute atomic E-state index is 0.0231. The van der Waals surface area contributed by atoms with E-state index in [9.17, 15) is 18.4 Å². The molecule has 222 valence electrons. The number of fused-ring (bicyclic) bond motifs is 1. The highest BCUT2D eigenvalue weighted by Crippen LogP contribution is 2.49. The second-order valence-corrected chi connectivity index (χ2v) is 11.6. The van der Waals surface area contributed by atoms with Crippen LogP contribution in [-0.4, -0.2) is 53.0 Å². The summed E-state index contributed by atoms with van der Waals surface area (Å²) in [6, 6.07) is 5.86. The maximum absolute atomic E-state index is 15.6. The third-order valence-electron chi connectivity index (χ3n) is 8.87. The first-order chi connectivity index (χ1) is 19.9. The molecule has 3 fully saturated rings. The fourth-order valence-corrected chi connectivity index (χ4v) is 6.20. The van der Waals surface area contributed by atoms with Gasteiger partial charge in [-0.15, -0.1) is 0 Å². The molecule has 0 spiro atoms. The van der Waals surface area contributed by atoms with Crippen molar-refractivity contribution in [1.29, 1.82) is 0 Å². The molecule has 2 N–H and O–H groups in total. The van der Waals surface area contributed by atoms with Crippen molar-refractivity contribution < 1.29 is 26.7 Å². The molecule has 0 bridgehead atoms. The molecular formula is C30H30F5N5O2. The van der Waals surface area contributed by atoms with Gasteiger partial charge in [-0.3, -0.25) is 14.6 Å². The smallest absolute Gasteiger partial charge is 0.301 e. The molecule has 1 amide bonds. The Balaban J connectivity index is 1.30. The molecule has 3 aliphatic rings. The largest absolute Gasteiger partial charge is 0.381 e. The fourth-order valence-electron chi connectivity index (χ4n) is 6.20. The molecule has 6 rings (SSSR count). The normalized spacial score (nSPS) is 23.4. The van der Waals surface area contributed by atoms with Crippen LogP contribution in [0.15, 0.2) is 59.8 Å². The van der Waals surface area contributed by atoms with Crippen molar-refractivity contribution in [3.05, 3.63) is 93.4 Å². The number of rotatable bonds is 9. The summed E-state index contributed by atoms with van der Waals surface area (Å²) in [5.74, 6) is -4.93. The minimum Gasteiger partial charge on any atom is -0.381 e. The first kappa shape index (κ1) is 28.3. The molecule has 1 aromatic carbocycles. The summed E-state index contributed by atoms with van der Waals surface area (Å²) in [5.41, 5.74) is -3.65. The Labute approximate surface area is 238 Å². The van der Waals surface area contributed by atoms with Gasteiger partial charge in [-0.2, -0.15) is 8.78 Å². The number of piperidine rings is 1. The zero-order valence-corrected chi connectivity index (χ0v) is 23.0. The second kappa shape index (κ2) is 10.2. The topological polar surface area (TPSA) is 79.3 Å². The minimum atomic E-state index is -3.66. The molecule has 4 atom stereocenters. The van der Waals surface area contributed by atoms with Crippen LogP contribution in [0.5, 0.6) is 0 Å². The summed E-state index contributed by atoms with van der Waals surface area (Å²) < 4.78 is 74.8. The van der Waals surface area contributed by atoms with Gasteiger partial charge >= 0.3 is 5.92 Å². The van der Waals surface area contributed by atoms with Gasteiger partial charge in [0, 0.05) is 54.9 Å². The van der Waals surface area contributed by atoms with E-state index in [0.717, 1.165) is 48.1 Å². The second-order valence-electron chi connectivity index (χ2n) is 11.6. The Morgan fingerprint density at radius 2 is 1.79 bits per heavy atom. The summed E-state index contributed by atoms with van der Waals surface area (Å²) >= 11 is 0. The molecule has 7 nitrogen and oxygen atoms in total. The van der Waals surface area contributed by atoms with E-state index in [1.165, 1.54) is 31.5 Å². The summed E-state index contributed by atoms with van der Waals surface area (Å²) in [6.07, 6.45) is 0.897. The molecule has 42 heavy (non-hydrogen) atoms. The van der Waals surface area contributed by atoms with Crippen LogP contribution in [0, 0.1) is 17.7 Å². The number of nitrogens with zero attached hydrogens (tertiary/aromatic N) is 3. The van der Waals surface area contributed by atoms with E-state index >= 15 is 13.2 Å². The number of halogens is 5. The van der Waals surface area contributed by atoms with Crippen LogP contribution >= 0.6 is 0 Å². The molecule has 1 aliphatic heterocycles. The number of pyridine rings is 2. The summed E-state index contributed by atoms with van der Waals surface area (Å²) in [4.78, 5) is 32.5. The Hall–Kier alpha value is -3.80. The lowest BCUT2D eigenvalue weighted by Gasteiger charge is -2.23. The molecule has 3 heterocycles. The van der Waals surface area contributed by atoms with E-state index in [1.54, 1.807) is 0 Å². The Bertz CT molecular complexity index is 1560. The lowest BCUT2D eigenvalue weighted by molar-refractivity contribution is 0.0385. The number of amides is 1. The Kier molecular flexibility index (Phi) is 6.87. The van der Waals surface area contributed by atoms with E-state index in [0.29, 0.717) is 11.8 Å². The summed E-state index contributed by atoms with van der Waals surface area (Å²) in [6.45, 7) is 3.15. The van der Waals surface area contributed by atoms with E-state index in [1.807, 2.05) is 7.05 Å². The zero-order valence-electron chi connectivity index (χ0n) is 23.0. The van der Waals surface area contributed by atoms with E-state index in [-0.39, 0.29) is 35.7 Å². The molecule has 12 heteroatoms. The molecular weight excluding hydrogens is 557 g/mol. The lowest BCUT2D eigenvalue weighted by atomic mass is 9.96. The third kappa shape index (κ3) is 4.75.